The van der Waals surface area contributed by atoms with E-state index in [9.17, 15) is 9.59 Å². The average molecular weight is 313 g/mol. The number of fused-ring (bicyclic) bond motifs is 1. The van der Waals surface area contributed by atoms with Gasteiger partial charge in [0, 0.05) is 36.5 Å². The van der Waals surface area contributed by atoms with Crippen molar-refractivity contribution in [2.24, 2.45) is 5.92 Å². The second-order valence-corrected chi connectivity index (χ2v) is 6.13. The molecule has 1 aromatic carbocycles. The smallest absolute Gasteiger partial charge is 0.270 e. The van der Waals surface area contributed by atoms with Gasteiger partial charge in [-0.15, -0.1) is 0 Å². The Hall–Kier alpha value is -2.30. The highest BCUT2D eigenvalue weighted by atomic mass is 16.2. The second-order valence-electron chi connectivity index (χ2n) is 6.13. The lowest BCUT2D eigenvalue weighted by Gasteiger charge is -2.31. The molecule has 0 unspecified atom stereocenters. The van der Waals surface area contributed by atoms with Crippen molar-refractivity contribution < 1.29 is 9.59 Å². The Morgan fingerprint density at radius 1 is 1.26 bits per heavy atom. The number of likely N-dealkylation sites (tertiary alicyclic amines) is 1. The first kappa shape index (κ1) is 15.6. The van der Waals surface area contributed by atoms with Crippen molar-refractivity contribution in [2.45, 2.75) is 26.2 Å². The quantitative estimate of drug-likeness (QED) is 0.911. The van der Waals surface area contributed by atoms with E-state index in [4.69, 9.17) is 0 Å². The van der Waals surface area contributed by atoms with Crippen LogP contribution in [0.2, 0.25) is 0 Å². The van der Waals surface area contributed by atoms with E-state index in [1.165, 1.54) is 0 Å². The molecular weight excluding hydrogens is 290 g/mol. The zero-order valence-corrected chi connectivity index (χ0v) is 13.5. The topological polar surface area (TPSA) is 65.2 Å². The molecule has 1 fully saturated rings. The molecule has 0 radical (unpaired) electrons. The number of aromatic amines is 1. The Morgan fingerprint density at radius 2 is 2.00 bits per heavy atom. The summed E-state index contributed by atoms with van der Waals surface area (Å²) >= 11 is 0. The fourth-order valence-electron chi connectivity index (χ4n) is 3.10. The van der Waals surface area contributed by atoms with E-state index in [1.54, 1.807) is 0 Å². The number of nitrogens with one attached hydrogen (secondary N) is 2. The molecule has 0 bridgehead atoms. The zero-order chi connectivity index (χ0) is 16.2. The molecule has 23 heavy (non-hydrogen) atoms. The van der Waals surface area contributed by atoms with Crippen LogP contribution >= 0.6 is 0 Å². The van der Waals surface area contributed by atoms with Crippen LogP contribution in [0.1, 0.15) is 36.7 Å². The molecule has 1 aliphatic heterocycles. The SMILES string of the molecule is CCCNC(=O)C1CCN(C(=O)c2cc3ccccc3[nH]2)CC1. The van der Waals surface area contributed by atoms with Gasteiger partial charge in [0.25, 0.3) is 5.91 Å². The first-order chi connectivity index (χ1) is 11.2. The van der Waals surface area contributed by atoms with Gasteiger partial charge in [-0.3, -0.25) is 9.59 Å². The first-order valence-corrected chi connectivity index (χ1v) is 8.33. The summed E-state index contributed by atoms with van der Waals surface area (Å²) < 4.78 is 0. The number of benzene rings is 1. The number of carbonyl (C=O) groups is 2. The molecule has 3 rings (SSSR count). The molecule has 5 heteroatoms. The monoisotopic (exact) mass is 313 g/mol. The molecule has 0 aliphatic carbocycles. The van der Waals surface area contributed by atoms with Crippen molar-refractivity contribution in [1.82, 2.24) is 15.2 Å². The minimum atomic E-state index is 0.0219. The van der Waals surface area contributed by atoms with Crippen LogP contribution < -0.4 is 5.32 Å². The third-order valence-corrected chi connectivity index (χ3v) is 4.46. The van der Waals surface area contributed by atoms with Crippen molar-refractivity contribution in [3.8, 4) is 0 Å². The van der Waals surface area contributed by atoms with Crippen molar-refractivity contribution >= 4 is 22.7 Å². The fourth-order valence-corrected chi connectivity index (χ4v) is 3.10. The third kappa shape index (κ3) is 3.38. The van der Waals surface area contributed by atoms with E-state index in [0.717, 1.165) is 36.7 Å². The van der Waals surface area contributed by atoms with Crippen LogP contribution in [-0.2, 0) is 4.79 Å². The lowest BCUT2D eigenvalue weighted by molar-refractivity contribution is -0.126. The molecule has 5 nitrogen and oxygen atoms in total. The third-order valence-electron chi connectivity index (χ3n) is 4.46. The number of carbonyl (C=O) groups excluding carboxylic acids is 2. The number of hydrogen-bond donors (Lipinski definition) is 2. The van der Waals surface area contributed by atoms with E-state index in [-0.39, 0.29) is 17.7 Å². The molecule has 2 amide bonds. The number of nitrogens with zero attached hydrogens (tertiary/aromatic N) is 1. The molecule has 0 atom stereocenters. The van der Waals surface area contributed by atoms with Crippen LogP contribution in [0.3, 0.4) is 0 Å². The maximum absolute atomic E-state index is 12.6. The normalized spacial score (nSPS) is 15.8. The Morgan fingerprint density at radius 3 is 2.70 bits per heavy atom. The van der Waals surface area contributed by atoms with Crippen LogP contribution in [0.4, 0.5) is 0 Å². The largest absolute Gasteiger partial charge is 0.356 e. The molecule has 1 aliphatic rings. The molecule has 2 N–H and O–H groups in total. The van der Waals surface area contributed by atoms with Crippen molar-refractivity contribution in [1.29, 1.82) is 0 Å². The molecule has 122 valence electrons. The average Bonchev–Trinajstić information content (AvgIpc) is 3.03. The predicted molar refractivity (Wildman–Crippen MR) is 90.2 cm³/mol. The van der Waals surface area contributed by atoms with Crippen molar-refractivity contribution in [3.63, 3.8) is 0 Å². The van der Waals surface area contributed by atoms with E-state index in [2.05, 4.69) is 10.3 Å². The van der Waals surface area contributed by atoms with Crippen LogP contribution in [0.25, 0.3) is 10.9 Å². The van der Waals surface area contributed by atoms with Gasteiger partial charge in [0.1, 0.15) is 5.69 Å². The molecular formula is C18H23N3O2. The van der Waals surface area contributed by atoms with E-state index in [0.29, 0.717) is 18.8 Å². The predicted octanol–water partition coefficient (Wildman–Crippen LogP) is 2.55. The molecule has 1 saturated heterocycles. The lowest BCUT2D eigenvalue weighted by Crippen LogP contribution is -2.43. The van der Waals surface area contributed by atoms with Gasteiger partial charge < -0.3 is 15.2 Å². The molecule has 0 saturated carbocycles. The second kappa shape index (κ2) is 6.86. The van der Waals surface area contributed by atoms with E-state index < -0.39 is 0 Å². The molecule has 2 aromatic rings. The summed E-state index contributed by atoms with van der Waals surface area (Å²) in [7, 11) is 0. The van der Waals surface area contributed by atoms with Crippen LogP contribution in [-0.4, -0.2) is 41.3 Å². The minimum Gasteiger partial charge on any atom is -0.356 e. The highest BCUT2D eigenvalue weighted by Gasteiger charge is 2.28. The lowest BCUT2D eigenvalue weighted by atomic mass is 9.95. The summed E-state index contributed by atoms with van der Waals surface area (Å²) in [6, 6.07) is 9.78. The fraction of sp³-hybridized carbons (Fsp3) is 0.444. The maximum atomic E-state index is 12.6. The van der Waals surface area contributed by atoms with E-state index >= 15 is 0 Å². The summed E-state index contributed by atoms with van der Waals surface area (Å²) in [6.45, 7) is 4.05. The highest BCUT2D eigenvalue weighted by Crippen LogP contribution is 2.21. The van der Waals surface area contributed by atoms with Crippen molar-refractivity contribution in [3.05, 3.63) is 36.0 Å². The van der Waals surface area contributed by atoms with Gasteiger partial charge >= 0.3 is 0 Å². The van der Waals surface area contributed by atoms with Crippen LogP contribution in [0.15, 0.2) is 30.3 Å². The Bertz CT molecular complexity index is 666. The summed E-state index contributed by atoms with van der Waals surface area (Å²) in [5, 5.41) is 3.99. The van der Waals surface area contributed by atoms with Gasteiger partial charge in [-0.2, -0.15) is 0 Å². The van der Waals surface area contributed by atoms with Gasteiger partial charge in [-0.25, -0.2) is 0 Å². The number of amides is 2. The number of piperidine rings is 1. The number of para-hydroxylation sites is 1. The summed E-state index contributed by atoms with van der Waals surface area (Å²) in [5.41, 5.74) is 1.60. The molecule has 1 aromatic heterocycles. The Labute approximate surface area is 136 Å². The van der Waals surface area contributed by atoms with Gasteiger partial charge in [-0.05, 0) is 31.4 Å². The summed E-state index contributed by atoms with van der Waals surface area (Å²) in [5.74, 6) is 0.187. The van der Waals surface area contributed by atoms with Crippen LogP contribution in [0, 0.1) is 5.92 Å². The number of hydrogen-bond acceptors (Lipinski definition) is 2. The zero-order valence-electron chi connectivity index (χ0n) is 13.5. The van der Waals surface area contributed by atoms with Gasteiger partial charge in [0.2, 0.25) is 5.91 Å². The van der Waals surface area contributed by atoms with E-state index in [1.807, 2.05) is 42.2 Å². The number of H-pyrrole nitrogens is 1. The van der Waals surface area contributed by atoms with Crippen LogP contribution in [0.5, 0.6) is 0 Å². The summed E-state index contributed by atoms with van der Waals surface area (Å²) in [6.07, 6.45) is 2.42. The molecule has 2 heterocycles. The minimum absolute atomic E-state index is 0.0219. The number of aromatic nitrogens is 1. The first-order valence-electron chi connectivity index (χ1n) is 8.33. The maximum Gasteiger partial charge on any atom is 0.270 e. The standard InChI is InChI=1S/C18H23N3O2/c1-2-9-19-17(22)13-7-10-21(11-8-13)18(23)16-12-14-5-3-4-6-15(14)20-16/h3-6,12-13,20H,2,7-11H2,1H3,(H,19,22). The highest BCUT2D eigenvalue weighted by molar-refractivity contribution is 5.98. The Kier molecular flexibility index (Phi) is 4.65. The molecule has 0 spiro atoms. The van der Waals surface area contributed by atoms with Gasteiger partial charge in [0.15, 0.2) is 0 Å². The Balaban J connectivity index is 1.61. The number of rotatable bonds is 4. The summed E-state index contributed by atoms with van der Waals surface area (Å²) in [4.78, 5) is 29.6. The van der Waals surface area contributed by atoms with Gasteiger partial charge in [0.05, 0.1) is 0 Å². The van der Waals surface area contributed by atoms with Gasteiger partial charge in [-0.1, -0.05) is 25.1 Å². The van der Waals surface area contributed by atoms with Crippen molar-refractivity contribution in [2.75, 3.05) is 19.6 Å².